The second-order valence-corrected chi connectivity index (χ2v) is 7.68. The Balaban J connectivity index is 2.82. The molecule has 0 saturated heterocycles. The SMILES string of the molecule is CCNCc1cn[nH]c1S(=O)(=O)NCC(C)(C)C(C)C. The van der Waals surface area contributed by atoms with E-state index < -0.39 is 10.0 Å². The summed E-state index contributed by atoms with van der Waals surface area (Å²) in [5.41, 5.74) is 0.552. The van der Waals surface area contributed by atoms with Gasteiger partial charge in [0.25, 0.3) is 10.0 Å². The molecule has 0 aliphatic rings. The lowest BCUT2D eigenvalue weighted by Crippen LogP contribution is -2.37. The van der Waals surface area contributed by atoms with Gasteiger partial charge in [0.1, 0.15) is 0 Å². The summed E-state index contributed by atoms with van der Waals surface area (Å²) in [5, 5.41) is 9.67. The van der Waals surface area contributed by atoms with E-state index in [0.29, 0.717) is 24.6 Å². The van der Waals surface area contributed by atoms with Gasteiger partial charge in [-0.2, -0.15) is 5.10 Å². The summed E-state index contributed by atoms with van der Waals surface area (Å²) in [6.45, 7) is 11.9. The highest BCUT2D eigenvalue weighted by molar-refractivity contribution is 7.89. The van der Waals surface area contributed by atoms with E-state index in [4.69, 9.17) is 0 Å². The maximum Gasteiger partial charge on any atom is 0.257 e. The molecular formula is C13H26N4O2S. The number of hydrogen-bond acceptors (Lipinski definition) is 4. The van der Waals surface area contributed by atoms with E-state index in [1.807, 2.05) is 20.8 Å². The van der Waals surface area contributed by atoms with Crippen LogP contribution in [0.1, 0.15) is 40.2 Å². The zero-order valence-corrected chi connectivity index (χ0v) is 13.8. The third-order valence-corrected chi connectivity index (χ3v) is 5.21. The predicted molar refractivity (Wildman–Crippen MR) is 79.8 cm³/mol. The van der Waals surface area contributed by atoms with Crippen LogP contribution in [0.4, 0.5) is 0 Å². The molecule has 0 atom stereocenters. The van der Waals surface area contributed by atoms with Gasteiger partial charge in [-0.3, -0.25) is 5.10 Å². The van der Waals surface area contributed by atoms with Crippen molar-refractivity contribution in [3.05, 3.63) is 11.8 Å². The Morgan fingerprint density at radius 3 is 2.60 bits per heavy atom. The van der Waals surface area contributed by atoms with Crippen molar-refractivity contribution in [1.29, 1.82) is 0 Å². The monoisotopic (exact) mass is 302 g/mol. The quantitative estimate of drug-likeness (QED) is 0.679. The average molecular weight is 302 g/mol. The van der Waals surface area contributed by atoms with Crippen LogP contribution in [-0.2, 0) is 16.6 Å². The number of nitrogens with one attached hydrogen (secondary N) is 3. The first-order chi connectivity index (χ1) is 9.20. The molecule has 1 rings (SSSR count). The van der Waals surface area contributed by atoms with E-state index in [9.17, 15) is 8.42 Å². The molecule has 0 aromatic carbocycles. The molecule has 0 spiro atoms. The summed E-state index contributed by atoms with van der Waals surface area (Å²) in [7, 11) is -3.55. The number of H-pyrrole nitrogens is 1. The minimum Gasteiger partial charge on any atom is -0.313 e. The van der Waals surface area contributed by atoms with Crippen LogP contribution in [0.3, 0.4) is 0 Å². The largest absolute Gasteiger partial charge is 0.313 e. The minimum atomic E-state index is -3.55. The van der Waals surface area contributed by atoms with Gasteiger partial charge in [0.05, 0.1) is 6.20 Å². The number of rotatable bonds is 8. The minimum absolute atomic E-state index is 0.102. The second kappa shape index (κ2) is 6.69. The van der Waals surface area contributed by atoms with E-state index in [0.717, 1.165) is 6.54 Å². The average Bonchev–Trinajstić information content (AvgIpc) is 2.83. The van der Waals surface area contributed by atoms with Crippen molar-refractivity contribution >= 4 is 10.0 Å². The molecule has 0 bridgehead atoms. The summed E-state index contributed by atoms with van der Waals surface area (Å²) in [4.78, 5) is 0. The smallest absolute Gasteiger partial charge is 0.257 e. The molecule has 7 heteroatoms. The van der Waals surface area contributed by atoms with E-state index in [-0.39, 0.29) is 10.4 Å². The molecule has 0 aliphatic carbocycles. The van der Waals surface area contributed by atoms with E-state index >= 15 is 0 Å². The van der Waals surface area contributed by atoms with Crippen LogP contribution in [0.2, 0.25) is 0 Å². The normalized spacial score (nSPS) is 13.1. The van der Waals surface area contributed by atoms with Gasteiger partial charge in [0.2, 0.25) is 0 Å². The molecule has 0 radical (unpaired) electrons. The van der Waals surface area contributed by atoms with Crippen LogP contribution in [0, 0.1) is 11.3 Å². The first-order valence-corrected chi connectivity index (χ1v) is 8.41. The van der Waals surface area contributed by atoms with Gasteiger partial charge < -0.3 is 5.32 Å². The Kier molecular flexibility index (Phi) is 5.73. The summed E-state index contributed by atoms with van der Waals surface area (Å²) in [6, 6.07) is 0. The maximum atomic E-state index is 12.3. The van der Waals surface area contributed by atoms with Crippen molar-refractivity contribution in [3.8, 4) is 0 Å². The first kappa shape index (κ1) is 17.1. The molecule has 116 valence electrons. The molecule has 0 fully saturated rings. The zero-order valence-electron chi connectivity index (χ0n) is 12.9. The van der Waals surface area contributed by atoms with Crippen LogP contribution in [0.5, 0.6) is 0 Å². The van der Waals surface area contributed by atoms with Gasteiger partial charge in [0, 0.05) is 18.7 Å². The number of hydrogen-bond donors (Lipinski definition) is 3. The molecule has 0 saturated carbocycles. The highest BCUT2D eigenvalue weighted by Crippen LogP contribution is 2.25. The summed E-state index contributed by atoms with van der Waals surface area (Å²) in [5.74, 6) is 0.383. The van der Waals surface area contributed by atoms with E-state index in [2.05, 4.69) is 34.1 Å². The Hall–Kier alpha value is -0.920. The topological polar surface area (TPSA) is 86.9 Å². The molecule has 6 nitrogen and oxygen atoms in total. The lowest BCUT2D eigenvalue weighted by Gasteiger charge is -2.29. The molecule has 3 N–H and O–H groups in total. The van der Waals surface area contributed by atoms with Gasteiger partial charge in [-0.25, -0.2) is 13.1 Å². The van der Waals surface area contributed by atoms with Gasteiger partial charge in [0.15, 0.2) is 5.03 Å². The van der Waals surface area contributed by atoms with Crippen LogP contribution >= 0.6 is 0 Å². The summed E-state index contributed by atoms with van der Waals surface area (Å²) in [6.07, 6.45) is 1.55. The number of aromatic amines is 1. The van der Waals surface area contributed by atoms with E-state index in [1.54, 1.807) is 6.20 Å². The highest BCUT2D eigenvalue weighted by Gasteiger charge is 2.27. The van der Waals surface area contributed by atoms with Crippen molar-refractivity contribution in [2.75, 3.05) is 13.1 Å². The molecule has 20 heavy (non-hydrogen) atoms. The third kappa shape index (κ3) is 4.29. The fraction of sp³-hybridized carbons (Fsp3) is 0.769. The lowest BCUT2D eigenvalue weighted by atomic mass is 9.81. The second-order valence-electron chi connectivity index (χ2n) is 5.97. The maximum absolute atomic E-state index is 12.3. The predicted octanol–water partition coefficient (Wildman–Crippen LogP) is 1.48. The molecular weight excluding hydrogens is 276 g/mol. The van der Waals surface area contributed by atoms with Crippen molar-refractivity contribution in [2.45, 2.75) is 46.2 Å². The van der Waals surface area contributed by atoms with Gasteiger partial charge in [-0.05, 0) is 17.9 Å². The fourth-order valence-corrected chi connectivity index (χ4v) is 2.82. The van der Waals surface area contributed by atoms with Crippen LogP contribution < -0.4 is 10.0 Å². The van der Waals surface area contributed by atoms with Crippen molar-refractivity contribution < 1.29 is 8.42 Å². The van der Waals surface area contributed by atoms with Crippen molar-refractivity contribution in [1.82, 2.24) is 20.2 Å². The highest BCUT2D eigenvalue weighted by atomic mass is 32.2. The molecule has 1 heterocycles. The molecule has 0 amide bonds. The zero-order chi connectivity index (χ0) is 15.4. The van der Waals surface area contributed by atoms with Gasteiger partial charge >= 0.3 is 0 Å². The summed E-state index contributed by atoms with van der Waals surface area (Å²) >= 11 is 0. The fourth-order valence-electron chi connectivity index (χ4n) is 1.47. The molecule has 0 aliphatic heterocycles. The Bertz CT molecular complexity index is 520. The van der Waals surface area contributed by atoms with E-state index in [1.165, 1.54) is 0 Å². The van der Waals surface area contributed by atoms with Crippen molar-refractivity contribution in [3.63, 3.8) is 0 Å². The van der Waals surface area contributed by atoms with Crippen LogP contribution in [-0.4, -0.2) is 31.7 Å². The molecule has 0 unspecified atom stereocenters. The Morgan fingerprint density at radius 1 is 1.40 bits per heavy atom. The number of aromatic nitrogens is 2. The molecule has 1 aromatic rings. The Labute approximate surface area is 121 Å². The molecule has 1 aromatic heterocycles. The number of sulfonamides is 1. The number of nitrogens with zero attached hydrogens (tertiary/aromatic N) is 1. The first-order valence-electron chi connectivity index (χ1n) is 6.93. The lowest BCUT2D eigenvalue weighted by molar-refractivity contribution is 0.252. The van der Waals surface area contributed by atoms with Gasteiger partial charge in [-0.15, -0.1) is 0 Å². The van der Waals surface area contributed by atoms with Crippen LogP contribution in [0.25, 0.3) is 0 Å². The third-order valence-electron chi connectivity index (χ3n) is 3.79. The van der Waals surface area contributed by atoms with Crippen LogP contribution in [0.15, 0.2) is 11.2 Å². The van der Waals surface area contributed by atoms with Crippen molar-refractivity contribution in [2.24, 2.45) is 11.3 Å². The standard InChI is InChI=1S/C13H26N4O2S/c1-6-14-7-11-8-15-17-12(11)20(18,19)16-9-13(4,5)10(2)3/h8,10,14,16H,6-7,9H2,1-5H3,(H,15,17). The summed E-state index contributed by atoms with van der Waals surface area (Å²) < 4.78 is 27.3. The van der Waals surface area contributed by atoms with Gasteiger partial charge in [-0.1, -0.05) is 34.6 Å². The Morgan fingerprint density at radius 2 is 2.05 bits per heavy atom.